The monoisotopic (exact) mass is 432 g/mol. The Bertz CT molecular complexity index is 455. The molecule has 12 heteroatoms. The van der Waals surface area contributed by atoms with Gasteiger partial charge in [0.05, 0.1) is 32.5 Å². The number of hydrogen-bond donors (Lipinski definition) is 2. The minimum absolute atomic E-state index is 0. The predicted octanol–water partition coefficient (Wildman–Crippen LogP) is 0.280. The van der Waals surface area contributed by atoms with Gasteiger partial charge in [0, 0.05) is 38.6 Å². The molecular weight excluding hydrogens is 406 g/mol. The Morgan fingerprint density at radius 2 is 2.04 bits per heavy atom. The number of esters is 1. The summed E-state index contributed by atoms with van der Waals surface area (Å²) >= 11 is 0. The molecule has 0 aromatic carbocycles. The van der Waals surface area contributed by atoms with Crippen molar-refractivity contribution in [2.45, 2.75) is 25.5 Å². The number of nitrogens with two attached hydrogens (primary N) is 1. The third-order valence-corrected chi connectivity index (χ3v) is 4.24. The fourth-order valence-corrected chi connectivity index (χ4v) is 2.54. The van der Waals surface area contributed by atoms with Gasteiger partial charge in [0.2, 0.25) is 0 Å². The number of methoxy groups -OCH3 is 1. The zero-order valence-corrected chi connectivity index (χ0v) is 17.2. The van der Waals surface area contributed by atoms with Crippen LogP contribution in [0.4, 0.5) is 0 Å². The van der Waals surface area contributed by atoms with E-state index in [0.29, 0.717) is 6.42 Å². The second-order valence-corrected chi connectivity index (χ2v) is 6.42. The molecule has 0 aliphatic rings. The van der Waals surface area contributed by atoms with Crippen LogP contribution in [-0.2, 0) is 55.8 Å². The van der Waals surface area contributed by atoms with Crippen LogP contribution in [0.3, 0.4) is 0 Å². The number of rotatable bonds is 16. The van der Waals surface area contributed by atoms with E-state index < -0.39 is 26.4 Å². The molecule has 0 aliphatic heterocycles. The first-order valence-corrected chi connectivity index (χ1v) is 9.05. The molecule has 1 unspecified atom stereocenters. The van der Waals surface area contributed by atoms with Gasteiger partial charge in [-0.15, -0.1) is 6.58 Å². The summed E-state index contributed by atoms with van der Waals surface area (Å²) < 4.78 is 37.4. The van der Waals surface area contributed by atoms with E-state index in [9.17, 15) is 14.2 Å². The third-order valence-electron chi connectivity index (χ3n) is 2.81. The number of amides is 1. The summed E-state index contributed by atoms with van der Waals surface area (Å²) in [6, 6.07) is -1.22. The Kier molecular flexibility index (Phi) is 17.4. The molecule has 10 nitrogen and oxygen atoms in total. The normalized spacial score (nSPS) is 15.0. The Morgan fingerprint density at radius 3 is 2.58 bits per heavy atom. The Morgan fingerprint density at radius 1 is 1.35 bits per heavy atom. The van der Waals surface area contributed by atoms with Crippen LogP contribution in [0.1, 0.15) is 13.3 Å². The maximum absolute atomic E-state index is 12.3. The van der Waals surface area contributed by atoms with E-state index in [0.717, 1.165) is 0 Å². The maximum Gasteiger partial charge on any atom is 0.475 e. The largest absolute Gasteiger partial charge is 0.520 e. The number of phosphoric acid groups is 1. The van der Waals surface area contributed by atoms with E-state index in [1.54, 1.807) is 0 Å². The van der Waals surface area contributed by atoms with Crippen LogP contribution in [-0.4, -0.2) is 64.6 Å². The van der Waals surface area contributed by atoms with E-state index in [-0.39, 0.29) is 51.0 Å². The van der Waals surface area contributed by atoms with Gasteiger partial charge in [-0.05, 0) is 6.92 Å². The molecule has 26 heavy (non-hydrogen) atoms. The van der Waals surface area contributed by atoms with Gasteiger partial charge in [-0.3, -0.25) is 13.6 Å². The molecule has 151 valence electrons. The van der Waals surface area contributed by atoms with Gasteiger partial charge in [0.25, 0.3) is 0 Å². The minimum Gasteiger partial charge on any atom is -0.520 e. The Labute approximate surface area is 165 Å². The van der Waals surface area contributed by atoms with E-state index in [1.807, 2.05) is 6.92 Å². The van der Waals surface area contributed by atoms with Crippen LogP contribution in [0.2, 0.25) is 0 Å². The van der Waals surface area contributed by atoms with Gasteiger partial charge in [-0.1, -0.05) is 6.08 Å². The van der Waals surface area contributed by atoms with Crippen LogP contribution in [0.5, 0.6) is 0 Å². The molecule has 0 fully saturated rings. The van der Waals surface area contributed by atoms with E-state index in [2.05, 4.69) is 11.9 Å². The van der Waals surface area contributed by atoms with Crippen LogP contribution < -0.4 is 11.1 Å². The van der Waals surface area contributed by atoms with Crippen molar-refractivity contribution < 1.29 is 55.8 Å². The fourth-order valence-electron chi connectivity index (χ4n) is 1.37. The summed E-state index contributed by atoms with van der Waals surface area (Å²) in [7, 11) is -2.43. The van der Waals surface area contributed by atoms with Crippen LogP contribution >= 0.6 is 7.82 Å². The molecule has 1 radical (unpaired) electrons. The molecule has 0 saturated heterocycles. The number of nitrogens with one attached hydrogen (secondary N) is 1. The number of carbonyl (C=O) groups is 1. The number of phosphoric ester groups is 1. The summed E-state index contributed by atoms with van der Waals surface area (Å²) in [4.78, 5) is 22.5. The number of hydrogen-bond acceptors (Lipinski definition) is 9. The van der Waals surface area contributed by atoms with Crippen molar-refractivity contribution >= 4 is 20.2 Å². The molecule has 1 amide bonds. The second kappa shape index (κ2) is 16.5. The molecular formula is C14H26N2O8PV-. The number of ether oxygens (including phenoxy) is 2. The first-order valence-electron chi connectivity index (χ1n) is 7.59. The third kappa shape index (κ3) is 12.6. The average molecular weight is 432 g/mol. The summed E-state index contributed by atoms with van der Waals surface area (Å²) in [5, 5.41) is 2.11. The topological polar surface area (TPSA) is 135 Å². The molecule has 3 atom stereocenters. The minimum atomic E-state index is -3.96. The first-order chi connectivity index (χ1) is 11.9. The molecule has 0 aromatic rings. The molecule has 0 saturated carbocycles. The second-order valence-electron chi connectivity index (χ2n) is 4.75. The van der Waals surface area contributed by atoms with Crippen molar-refractivity contribution in [1.29, 1.82) is 0 Å². The van der Waals surface area contributed by atoms with Crippen molar-refractivity contribution in [3.8, 4) is 0 Å². The smallest absolute Gasteiger partial charge is 0.475 e. The molecule has 0 heterocycles. The molecule has 0 aliphatic carbocycles. The fraction of sp³-hybridized carbons (Fsp3) is 0.714. The van der Waals surface area contributed by atoms with Crippen LogP contribution in [0.25, 0.3) is 0 Å². The summed E-state index contributed by atoms with van der Waals surface area (Å²) in [6.45, 7) is 4.74. The maximum atomic E-state index is 12.3. The van der Waals surface area contributed by atoms with Crippen molar-refractivity contribution in [2.75, 3.05) is 40.1 Å². The van der Waals surface area contributed by atoms with Crippen molar-refractivity contribution in [1.82, 2.24) is 5.32 Å². The SMILES string of the molecule is C=CCOP(=O)(OCCN)OC[C@H](N[C-]=O)C(=O)OCC[C@@H](C)OC.[V]. The van der Waals surface area contributed by atoms with E-state index in [4.69, 9.17) is 28.8 Å². The molecule has 0 bridgehead atoms. The number of carbonyl (C=O) groups excluding carboxylic acids is 2. The average Bonchev–Trinajstić information content (AvgIpc) is 2.61. The van der Waals surface area contributed by atoms with Gasteiger partial charge in [-0.2, -0.15) is 6.41 Å². The van der Waals surface area contributed by atoms with Crippen LogP contribution in [0.15, 0.2) is 12.7 Å². The Hall–Kier alpha value is -0.706. The van der Waals surface area contributed by atoms with Gasteiger partial charge in [0.15, 0.2) is 0 Å². The quantitative estimate of drug-likeness (QED) is 0.116. The zero-order valence-electron chi connectivity index (χ0n) is 14.9. The van der Waals surface area contributed by atoms with Gasteiger partial charge < -0.3 is 25.3 Å². The van der Waals surface area contributed by atoms with Gasteiger partial charge >= 0.3 is 13.8 Å². The molecule has 0 aromatic heterocycles. The summed E-state index contributed by atoms with van der Waals surface area (Å²) in [5.41, 5.74) is 5.28. The Balaban J connectivity index is 0. The van der Waals surface area contributed by atoms with E-state index in [1.165, 1.54) is 19.6 Å². The summed E-state index contributed by atoms with van der Waals surface area (Å²) in [6.07, 6.45) is 3.10. The van der Waals surface area contributed by atoms with Gasteiger partial charge in [-0.25, -0.2) is 9.36 Å². The molecule has 0 spiro atoms. The molecule has 3 N–H and O–H groups in total. The molecule has 0 rings (SSSR count). The van der Waals surface area contributed by atoms with Gasteiger partial charge in [0.1, 0.15) is 6.04 Å². The van der Waals surface area contributed by atoms with E-state index >= 15 is 0 Å². The standard InChI is InChI=1S/C14H26N2O8P.V/c1-4-7-22-25(19,23-9-6-15)24-10-13(16-11-17)14(18)21-8-5-12(2)20-3;/h4,12-13H,1,5-10,15H2,2-3H3,(H,16,17);/q-1;/t12-,13+,25?;/m1./s1. The van der Waals surface area contributed by atoms with Crippen molar-refractivity contribution in [3.05, 3.63) is 12.7 Å². The van der Waals surface area contributed by atoms with Crippen LogP contribution in [0, 0.1) is 0 Å². The van der Waals surface area contributed by atoms with Crippen molar-refractivity contribution in [2.24, 2.45) is 5.73 Å². The van der Waals surface area contributed by atoms with Crippen molar-refractivity contribution in [3.63, 3.8) is 0 Å². The summed E-state index contributed by atoms with van der Waals surface area (Å²) in [5.74, 6) is -0.777. The first kappa shape index (κ1) is 27.5. The zero-order chi connectivity index (χ0) is 19.1. The predicted molar refractivity (Wildman–Crippen MR) is 89.4 cm³/mol.